The Morgan fingerprint density at radius 1 is 0.727 bits per heavy atom. The average molecular weight is 984 g/mol. The molecule has 66 heavy (non-hydrogen) atoms. The number of carboxylic acids is 2. The number of Topliss-reactive ketones (excluding diaryl/α,β-unsaturated/α-hetero) is 1. The molecule has 0 spiro atoms. The minimum atomic E-state index is -3.85. The predicted octanol–water partition coefficient (Wildman–Crippen LogP) is 6.87. The van der Waals surface area contributed by atoms with E-state index in [9.17, 15) is 27.4 Å². The number of hydrogen-bond donors (Lipinski definition) is 6. The zero-order valence-corrected chi connectivity index (χ0v) is 45.5. The molecule has 0 bridgehead atoms. The maximum absolute atomic E-state index is 10.5. The Morgan fingerprint density at radius 2 is 1.14 bits per heavy atom. The van der Waals surface area contributed by atoms with Gasteiger partial charge in [-0.25, -0.2) is 9.67 Å². The lowest BCUT2D eigenvalue weighted by Gasteiger charge is -2.18. The standard InChI is InChI=1S/2C7H12N4O2.C6H15BO.C6H11N3.C6H12O.C4H11O3P.C4H10O3S/c1-7(2,3)6-8-9-10-11(6)4-5(12)13;1-7(2,3)6-8-10-11(9-6)4-5(12)13;1-6(2,3)5-7(4)8;1-6(2,3)5-7-4-8-9-5;1-5(7)6(2,3)4;2*1-4(2,3)8(5,6)7/h2*4H2,1-3H3,(H,12,13);8H,5H2,1-4H3;4H2,1-3H3;1-4H3;1-3H3,(H2,5,6,7);1-3H3,(H,5,6,7). The number of nitrogens with zero attached hydrogens (tertiary/aromatic N) is 11. The molecule has 2 aromatic rings. The number of tetrazole rings is 2. The molecule has 0 amide bonds. The lowest BCUT2D eigenvalue weighted by molar-refractivity contribution is -0.139. The van der Waals surface area contributed by atoms with Crippen LogP contribution in [0.5, 0.6) is 0 Å². The van der Waals surface area contributed by atoms with Crippen LogP contribution in [0.25, 0.3) is 0 Å². The van der Waals surface area contributed by atoms with E-state index in [1.807, 2.05) is 69.1 Å². The minimum absolute atomic E-state index is 0.0694. The molecule has 1 aliphatic heterocycles. The van der Waals surface area contributed by atoms with Crippen LogP contribution in [-0.2, 0) is 53.0 Å². The first kappa shape index (κ1) is 68.7. The highest BCUT2D eigenvalue weighted by atomic mass is 32.2. The van der Waals surface area contributed by atoms with Crippen molar-refractivity contribution >= 4 is 48.2 Å². The van der Waals surface area contributed by atoms with E-state index in [4.69, 9.17) is 29.6 Å². The first-order valence-electron chi connectivity index (χ1n) is 20.9. The Morgan fingerprint density at radius 3 is 1.33 bits per heavy atom. The number of rotatable bonds is 5. The zero-order valence-electron chi connectivity index (χ0n) is 43.8. The van der Waals surface area contributed by atoms with Crippen LogP contribution in [0.2, 0.25) is 13.1 Å². The number of aliphatic carboxylic acids is 2. The second-order valence-electron chi connectivity index (χ2n) is 22.4. The summed E-state index contributed by atoms with van der Waals surface area (Å²) >= 11 is 0. The second-order valence-corrected chi connectivity index (χ2v) is 27.0. The number of ketones is 1. The van der Waals surface area contributed by atoms with Gasteiger partial charge >= 0.3 is 19.5 Å². The summed E-state index contributed by atoms with van der Waals surface area (Å²) in [5, 5.41) is 54.8. The fourth-order valence-electron chi connectivity index (χ4n) is 3.21. The summed E-state index contributed by atoms with van der Waals surface area (Å²) in [6, 6.07) is 0. The third kappa shape index (κ3) is 35.3. The molecule has 384 valence electrons. The van der Waals surface area contributed by atoms with Crippen molar-refractivity contribution in [2.24, 2.45) is 31.5 Å². The molecule has 0 aromatic carbocycles. The second kappa shape index (κ2) is 27.2. The van der Waals surface area contributed by atoms with Gasteiger partial charge in [0.25, 0.3) is 17.0 Å². The van der Waals surface area contributed by atoms with Crippen LogP contribution in [0, 0.1) is 16.2 Å². The summed E-state index contributed by atoms with van der Waals surface area (Å²) in [6.07, 6.45) is 0.882. The van der Waals surface area contributed by atoms with Crippen LogP contribution in [0.1, 0.15) is 164 Å². The topological polar surface area (TPSA) is 348 Å². The molecule has 0 aliphatic carbocycles. The van der Waals surface area contributed by atoms with Crippen LogP contribution in [0.4, 0.5) is 0 Å². The highest BCUT2D eigenvalue weighted by molar-refractivity contribution is 7.87. The summed E-state index contributed by atoms with van der Waals surface area (Å²) in [5.74, 6) is 0.314. The van der Waals surface area contributed by atoms with Crippen LogP contribution in [0.3, 0.4) is 0 Å². The Kier molecular flexibility index (Phi) is 28.3. The lowest BCUT2D eigenvalue weighted by Crippen LogP contribution is -2.26. The maximum Gasteiger partial charge on any atom is 0.330 e. The van der Waals surface area contributed by atoms with E-state index in [0.717, 1.165) is 17.0 Å². The van der Waals surface area contributed by atoms with Crippen molar-refractivity contribution in [3.63, 3.8) is 0 Å². The largest absolute Gasteiger partial charge is 0.480 e. The smallest absolute Gasteiger partial charge is 0.330 e. The van der Waals surface area contributed by atoms with Gasteiger partial charge < -0.3 is 25.0 Å². The predicted molar refractivity (Wildman–Crippen MR) is 256 cm³/mol. The van der Waals surface area contributed by atoms with E-state index in [1.165, 1.54) is 46.2 Å². The number of hydrogen-bond acceptors (Lipinski definition) is 16. The van der Waals surface area contributed by atoms with Gasteiger partial charge in [0.2, 0.25) is 0 Å². The molecule has 0 saturated carbocycles. The maximum atomic E-state index is 10.5. The van der Waals surface area contributed by atoms with E-state index >= 15 is 0 Å². The van der Waals surface area contributed by atoms with Crippen molar-refractivity contribution in [3.05, 3.63) is 11.6 Å². The third-order valence-corrected chi connectivity index (χ3v) is 10.9. The quantitative estimate of drug-likeness (QED) is 0.101. The van der Waals surface area contributed by atoms with E-state index in [0.29, 0.717) is 18.3 Å². The van der Waals surface area contributed by atoms with Crippen LogP contribution in [0.15, 0.2) is 15.2 Å². The van der Waals surface area contributed by atoms with Crippen LogP contribution < -0.4 is 0 Å². The van der Waals surface area contributed by atoms with Crippen molar-refractivity contribution in [2.45, 2.75) is 199 Å². The molecule has 23 nitrogen and oxygen atoms in total. The lowest BCUT2D eigenvalue weighted by atomic mass is 9.60. The molecular formula is C40H83BN11O12PS. The van der Waals surface area contributed by atoms with Gasteiger partial charge in [0, 0.05) is 21.7 Å². The van der Waals surface area contributed by atoms with Crippen LogP contribution in [-0.4, -0.2) is 125 Å². The van der Waals surface area contributed by atoms with E-state index in [1.54, 1.807) is 6.92 Å². The summed E-state index contributed by atoms with van der Waals surface area (Å²) in [6.45, 7) is 42.1. The summed E-state index contributed by atoms with van der Waals surface area (Å²) in [7, 11) is -7.69. The molecule has 3 rings (SSSR count). The monoisotopic (exact) mass is 984 g/mol. The highest BCUT2D eigenvalue weighted by Gasteiger charge is 2.32. The number of aromatic nitrogens is 8. The molecule has 3 heterocycles. The van der Waals surface area contributed by atoms with Crippen molar-refractivity contribution < 1.29 is 56.9 Å². The molecule has 26 heteroatoms. The first-order chi connectivity index (χ1) is 28.8. The Balaban J connectivity index is -0.000000345. The number of carbonyl (C=O) groups is 3. The molecule has 2 aromatic heterocycles. The number of carboxylic acid groups (broad SMARTS) is 2. The molecule has 0 radical (unpaired) electrons. The zero-order chi connectivity index (χ0) is 53.9. The summed E-state index contributed by atoms with van der Waals surface area (Å²) in [4.78, 5) is 53.3. The molecule has 0 saturated heterocycles. The molecule has 6 N–H and O–H groups in total. The molecule has 0 atom stereocenters. The fraction of sp³-hybridized carbons (Fsp3) is 0.850. The van der Waals surface area contributed by atoms with Crippen LogP contribution >= 0.6 is 7.60 Å². The average Bonchev–Trinajstić information content (AvgIpc) is 3.81. The molecular weight excluding hydrogens is 900 g/mol. The summed E-state index contributed by atoms with van der Waals surface area (Å²) in [5.41, 5.74) is -0.232. The van der Waals surface area contributed by atoms with Crippen molar-refractivity contribution in [3.8, 4) is 0 Å². The van der Waals surface area contributed by atoms with Gasteiger partial charge in [-0.05, 0) is 75.8 Å². The van der Waals surface area contributed by atoms with Crippen molar-refractivity contribution in [1.82, 2.24) is 40.4 Å². The Labute approximate surface area is 393 Å². The number of carbonyl (C=O) groups excluding carboxylic acids is 1. The van der Waals surface area contributed by atoms with Gasteiger partial charge in [-0.1, -0.05) is 111 Å². The number of aliphatic imine (C=N–C) groups is 1. The highest BCUT2D eigenvalue weighted by Crippen LogP contribution is 2.49. The fourth-order valence-corrected chi connectivity index (χ4v) is 3.21. The van der Waals surface area contributed by atoms with Gasteiger partial charge in [0.1, 0.15) is 12.3 Å². The van der Waals surface area contributed by atoms with Gasteiger partial charge in [0.05, 0.1) is 9.90 Å². The third-order valence-electron chi connectivity index (χ3n) is 7.62. The molecule has 1 aliphatic rings. The Hall–Kier alpha value is -3.90. The minimum Gasteiger partial charge on any atom is -0.480 e. The summed E-state index contributed by atoms with van der Waals surface area (Å²) < 4.78 is 39.3. The Bertz CT molecular complexity index is 2000. The first-order valence-corrected chi connectivity index (χ1v) is 23.9. The SMILES string of the molecule is CB(O)CC(C)(C)C.CC(=O)C(C)(C)C.CC(C)(C)C1=NCN=N1.CC(C)(C)P(=O)(O)O.CC(C)(C)S(=O)(=O)O.CC(C)(C)c1nnn(CC(=O)O)n1.CC(C)(C)c1nnnn1CC(=O)O. The van der Waals surface area contributed by atoms with Gasteiger partial charge in [0.15, 0.2) is 30.7 Å². The van der Waals surface area contributed by atoms with E-state index in [2.05, 4.69) is 87.7 Å². The normalized spacial score (nSPS) is 13.1. The van der Waals surface area contributed by atoms with Crippen molar-refractivity contribution in [2.75, 3.05) is 6.67 Å². The van der Waals surface area contributed by atoms with Gasteiger partial charge in [-0.2, -0.15) is 18.3 Å². The van der Waals surface area contributed by atoms with E-state index in [-0.39, 0.29) is 52.9 Å². The number of azo groups is 1. The molecule has 0 unspecified atom stereocenters. The van der Waals surface area contributed by atoms with Crippen molar-refractivity contribution in [1.29, 1.82) is 0 Å². The van der Waals surface area contributed by atoms with Gasteiger partial charge in [-0.3, -0.25) is 23.5 Å². The number of amidine groups is 1. The van der Waals surface area contributed by atoms with E-state index < -0.39 is 39.6 Å². The molecule has 0 fully saturated rings. The van der Waals surface area contributed by atoms with Gasteiger partial charge in [-0.15, -0.1) is 20.4 Å².